The van der Waals surface area contributed by atoms with Gasteiger partial charge >= 0.3 is 5.97 Å². The number of carbonyl (C=O) groups is 2. The third-order valence-electron chi connectivity index (χ3n) is 1.51. The Kier molecular flexibility index (Phi) is 3.68. The van der Waals surface area contributed by atoms with Crippen LogP contribution >= 0.6 is 0 Å². The van der Waals surface area contributed by atoms with E-state index in [0.717, 1.165) is 4.68 Å². The molecule has 0 radical (unpaired) electrons. The number of aliphatic hydroxyl groups is 1. The first-order valence-corrected chi connectivity index (χ1v) is 3.97. The zero-order valence-electron chi connectivity index (χ0n) is 7.57. The Morgan fingerprint density at radius 2 is 2.27 bits per heavy atom. The van der Waals surface area contributed by atoms with Crippen LogP contribution in [-0.2, 0) is 16.1 Å². The van der Waals surface area contributed by atoms with E-state index in [9.17, 15) is 9.59 Å². The van der Waals surface area contributed by atoms with Crippen molar-refractivity contribution >= 4 is 11.9 Å². The molecule has 0 bridgehead atoms. The van der Waals surface area contributed by atoms with Crippen molar-refractivity contribution in [3.05, 3.63) is 6.33 Å². The highest BCUT2D eigenvalue weighted by Crippen LogP contribution is 1.85. The number of hydrogen-bond acceptors (Lipinski definition) is 6. The smallest absolute Gasteiger partial charge is 0.328 e. The van der Waals surface area contributed by atoms with Gasteiger partial charge in [-0.25, -0.2) is 9.48 Å². The molecule has 0 saturated heterocycles. The zero-order chi connectivity index (χ0) is 11.3. The molecule has 9 nitrogen and oxygen atoms in total. The van der Waals surface area contributed by atoms with Crippen molar-refractivity contribution in [3.63, 3.8) is 0 Å². The number of aliphatic hydroxyl groups excluding tert-OH is 1. The van der Waals surface area contributed by atoms with Gasteiger partial charge in [0.2, 0.25) is 5.91 Å². The second-order valence-corrected chi connectivity index (χ2v) is 2.65. The molecule has 82 valence electrons. The largest absolute Gasteiger partial charge is 0.480 e. The summed E-state index contributed by atoms with van der Waals surface area (Å²) < 4.78 is 1.13. The van der Waals surface area contributed by atoms with E-state index in [1.165, 1.54) is 6.33 Å². The van der Waals surface area contributed by atoms with Gasteiger partial charge in [-0.2, -0.15) is 0 Å². The molecule has 0 aromatic carbocycles. The Hall–Kier alpha value is -2.03. The van der Waals surface area contributed by atoms with Gasteiger partial charge in [0.25, 0.3) is 0 Å². The second kappa shape index (κ2) is 5.00. The van der Waals surface area contributed by atoms with E-state index in [0.29, 0.717) is 0 Å². The van der Waals surface area contributed by atoms with Crippen molar-refractivity contribution in [3.8, 4) is 0 Å². The summed E-state index contributed by atoms with van der Waals surface area (Å²) in [6.45, 7) is -0.868. The molecule has 9 heteroatoms. The number of hydrogen-bond donors (Lipinski definition) is 3. The Labute approximate surface area is 83.7 Å². The molecule has 15 heavy (non-hydrogen) atoms. The molecule has 0 saturated carbocycles. The maximum atomic E-state index is 11.2. The Balaban J connectivity index is 2.45. The zero-order valence-corrected chi connectivity index (χ0v) is 7.57. The predicted molar refractivity (Wildman–Crippen MR) is 44.5 cm³/mol. The average molecular weight is 215 g/mol. The summed E-state index contributed by atoms with van der Waals surface area (Å²) in [7, 11) is 0. The lowest BCUT2D eigenvalue weighted by molar-refractivity contribution is -0.143. The minimum atomic E-state index is -1.31. The van der Waals surface area contributed by atoms with Gasteiger partial charge in [-0.1, -0.05) is 0 Å². The predicted octanol–water partition coefficient (Wildman–Crippen LogP) is -2.77. The van der Waals surface area contributed by atoms with Crippen LogP contribution in [-0.4, -0.2) is 54.9 Å². The van der Waals surface area contributed by atoms with E-state index in [4.69, 9.17) is 10.2 Å². The number of tetrazole rings is 1. The summed E-state index contributed by atoms with van der Waals surface area (Å²) in [4.78, 5) is 21.6. The Morgan fingerprint density at radius 1 is 1.53 bits per heavy atom. The van der Waals surface area contributed by atoms with Crippen molar-refractivity contribution in [2.45, 2.75) is 12.6 Å². The van der Waals surface area contributed by atoms with Gasteiger partial charge in [0.1, 0.15) is 18.9 Å². The van der Waals surface area contributed by atoms with Crippen LogP contribution in [0.25, 0.3) is 0 Å². The van der Waals surface area contributed by atoms with Gasteiger partial charge in [0.05, 0.1) is 6.61 Å². The van der Waals surface area contributed by atoms with Crippen LogP contribution in [0.5, 0.6) is 0 Å². The molecule has 0 aliphatic carbocycles. The Morgan fingerprint density at radius 3 is 2.73 bits per heavy atom. The van der Waals surface area contributed by atoms with E-state index in [-0.39, 0.29) is 6.54 Å². The first kappa shape index (κ1) is 11.0. The standard InChI is InChI=1S/C6H9N5O4/c12-2-4(6(14)15)8-5(13)1-11-3-7-9-10-11/h3-4,12H,1-2H2,(H,8,13)(H,14,15)/t4-/m0/s1. The number of rotatable bonds is 5. The first-order valence-electron chi connectivity index (χ1n) is 3.97. The van der Waals surface area contributed by atoms with Crippen molar-refractivity contribution < 1.29 is 19.8 Å². The van der Waals surface area contributed by atoms with Gasteiger partial charge in [0, 0.05) is 0 Å². The van der Waals surface area contributed by atoms with E-state index in [1.54, 1.807) is 0 Å². The molecule has 0 fully saturated rings. The average Bonchev–Trinajstić information content (AvgIpc) is 2.66. The number of carboxylic acids is 1. The van der Waals surface area contributed by atoms with Crippen LogP contribution in [0.2, 0.25) is 0 Å². The van der Waals surface area contributed by atoms with Gasteiger partial charge < -0.3 is 15.5 Å². The molecule has 0 spiro atoms. The van der Waals surface area contributed by atoms with Crippen LogP contribution in [0.3, 0.4) is 0 Å². The van der Waals surface area contributed by atoms with Crippen LogP contribution < -0.4 is 5.32 Å². The van der Waals surface area contributed by atoms with Crippen molar-refractivity contribution in [1.29, 1.82) is 0 Å². The number of carbonyl (C=O) groups excluding carboxylic acids is 1. The third-order valence-corrected chi connectivity index (χ3v) is 1.51. The van der Waals surface area contributed by atoms with Gasteiger partial charge in [-0.05, 0) is 10.4 Å². The summed E-state index contributed by atoms with van der Waals surface area (Å²) in [6.07, 6.45) is 1.22. The molecule has 1 aromatic rings. The number of nitrogens with zero attached hydrogens (tertiary/aromatic N) is 4. The normalized spacial score (nSPS) is 12.1. The van der Waals surface area contributed by atoms with Crippen LogP contribution in [0, 0.1) is 0 Å². The summed E-state index contributed by atoms with van der Waals surface area (Å²) in [5.41, 5.74) is 0. The lowest BCUT2D eigenvalue weighted by Crippen LogP contribution is -2.44. The summed E-state index contributed by atoms with van der Waals surface area (Å²) >= 11 is 0. The maximum absolute atomic E-state index is 11.2. The van der Waals surface area contributed by atoms with Crippen LogP contribution in [0.1, 0.15) is 0 Å². The first-order chi connectivity index (χ1) is 7.13. The van der Waals surface area contributed by atoms with Gasteiger partial charge in [-0.15, -0.1) is 5.10 Å². The topological polar surface area (TPSA) is 130 Å². The molecule has 0 aliphatic heterocycles. The lowest BCUT2D eigenvalue weighted by Gasteiger charge is -2.10. The van der Waals surface area contributed by atoms with Crippen molar-refractivity contribution in [1.82, 2.24) is 25.5 Å². The van der Waals surface area contributed by atoms with E-state index in [1.807, 2.05) is 0 Å². The highest BCUT2D eigenvalue weighted by atomic mass is 16.4. The molecule has 1 atom stereocenters. The van der Waals surface area contributed by atoms with Gasteiger partial charge in [0.15, 0.2) is 0 Å². The monoisotopic (exact) mass is 215 g/mol. The summed E-state index contributed by atoms with van der Waals surface area (Å²) in [5, 5.41) is 29.3. The van der Waals surface area contributed by atoms with Gasteiger partial charge in [-0.3, -0.25) is 4.79 Å². The number of aliphatic carboxylic acids is 1. The molecule has 3 N–H and O–H groups in total. The van der Waals surface area contributed by atoms with E-state index in [2.05, 4.69) is 20.8 Å². The minimum Gasteiger partial charge on any atom is -0.480 e. The third kappa shape index (κ3) is 3.31. The highest BCUT2D eigenvalue weighted by molar-refractivity contribution is 5.83. The molecule has 1 amide bonds. The second-order valence-electron chi connectivity index (χ2n) is 2.65. The number of aromatic nitrogens is 4. The fraction of sp³-hybridized carbons (Fsp3) is 0.500. The maximum Gasteiger partial charge on any atom is 0.328 e. The molecule has 1 aromatic heterocycles. The fourth-order valence-electron chi connectivity index (χ4n) is 0.825. The lowest BCUT2D eigenvalue weighted by atomic mass is 10.3. The minimum absolute atomic E-state index is 0.198. The Bertz CT molecular complexity index is 337. The summed E-state index contributed by atoms with van der Waals surface area (Å²) in [5.74, 6) is -1.90. The quantitative estimate of drug-likeness (QED) is 0.484. The molecule has 0 aliphatic rings. The van der Waals surface area contributed by atoms with Crippen LogP contribution in [0.4, 0.5) is 0 Å². The van der Waals surface area contributed by atoms with Crippen molar-refractivity contribution in [2.75, 3.05) is 6.61 Å². The number of nitrogens with one attached hydrogen (secondary N) is 1. The van der Waals surface area contributed by atoms with E-state index >= 15 is 0 Å². The van der Waals surface area contributed by atoms with Crippen LogP contribution in [0.15, 0.2) is 6.33 Å². The molecular formula is C6H9N5O4. The molecule has 1 rings (SSSR count). The number of amides is 1. The molecule has 1 heterocycles. The summed E-state index contributed by atoms with van der Waals surface area (Å²) in [6, 6.07) is -1.31. The number of carboxylic acid groups (broad SMARTS) is 1. The molecule has 0 unspecified atom stereocenters. The highest BCUT2D eigenvalue weighted by Gasteiger charge is 2.18. The van der Waals surface area contributed by atoms with Crippen molar-refractivity contribution in [2.24, 2.45) is 0 Å². The fourth-order valence-corrected chi connectivity index (χ4v) is 0.825. The molecular weight excluding hydrogens is 206 g/mol. The SMILES string of the molecule is O=C(Cn1cnnn1)N[C@@H](CO)C(=O)O. The van der Waals surface area contributed by atoms with E-state index < -0.39 is 24.5 Å².